The van der Waals surface area contributed by atoms with Crippen LogP contribution in [-0.2, 0) is 0 Å². The van der Waals surface area contributed by atoms with Crippen molar-refractivity contribution in [3.63, 3.8) is 0 Å². The average molecular weight is 289 g/mol. The summed E-state index contributed by atoms with van der Waals surface area (Å²) in [5, 5.41) is 2.93. The van der Waals surface area contributed by atoms with E-state index in [2.05, 4.69) is 11.2 Å². The Bertz CT molecular complexity index is 527. The molecule has 0 bridgehead atoms. The highest BCUT2D eigenvalue weighted by molar-refractivity contribution is 5.95. The number of benzene rings is 1. The van der Waals surface area contributed by atoms with E-state index in [9.17, 15) is 4.79 Å². The van der Waals surface area contributed by atoms with Crippen LogP contribution in [0.25, 0.3) is 0 Å². The summed E-state index contributed by atoms with van der Waals surface area (Å²) in [7, 11) is 1.54. The molecule has 1 rings (SSSR count). The lowest BCUT2D eigenvalue weighted by atomic mass is 9.93. The number of ether oxygens (including phenoxy) is 2. The molecule has 21 heavy (non-hydrogen) atoms. The molecule has 0 saturated carbocycles. The molecule has 0 spiro atoms. The number of rotatable bonds is 7. The van der Waals surface area contributed by atoms with Crippen LogP contribution in [0.2, 0.25) is 0 Å². The summed E-state index contributed by atoms with van der Waals surface area (Å²) in [5.41, 5.74) is -0.111. The quantitative estimate of drug-likeness (QED) is 0.785. The molecule has 0 aliphatic carbocycles. The fraction of sp³-hybridized carbons (Fsp3) is 0.471. The minimum absolute atomic E-state index is 0.210. The monoisotopic (exact) mass is 289 g/mol. The molecule has 4 nitrogen and oxygen atoms in total. The molecule has 0 aliphatic heterocycles. The standard InChI is InChI=1S/C17H23NO3/c1-6-17(7-2,8-3)18-16(19)13-10-11-14(21-9-4)15(12-13)20-5/h1,10-12H,7-9H2,2-5H3,(H,18,19). The van der Waals surface area contributed by atoms with Crippen molar-refractivity contribution >= 4 is 5.91 Å². The zero-order chi connectivity index (χ0) is 15.9. The van der Waals surface area contributed by atoms with Gasteiger partial charge in [-0.1, -0.05) is 19.8 Å². The predicted octanol–water partition coefficient (Wildman–Crippen LogP) is 3.02. The van der Waals surface area contributed by atoms with Gasteiger partial charge in [0.1, 0.15) is 5.54 Å². The maximum absolute atomic E-state index is 12.4. The number of hydrogen-bond donors (Lipinski definition) is 1. The third-order valence-corrected chi connectivity index (χ3v) is 3.56. The molecule has 1 aromatic rings. The Labute approximate surface area is 126 Å². The van der Waals surface area contributed by atoms with Crippen LogP contribution in [0.3, 0.4) is 0 Å². The molecule has 1 amide bonds. The van der Waals surface area contributed by atoms with Crippen LogP contribution in [0.15, 0.2) is 18.2 Å². The molecule has 1 N–H and O–H groups in total. The Hall–Kier alpha value is -2.15. The smallest absolute Gasteiger partial charge is 0.252 e. The summed E-state index contributed by atoms with van der Waals surface area (Å²) in [5.74, 6) is 3.63. The van der Waals surface area contributed by atoms with E-state index in [0.717, 1.165) is 0 Å². The van der Waals surface area contributed by atoms with Gasteiger partial charge in [0.2, 0.25) is 0 Å². The fourth-order valence-corrected chi connectivity index (χ4v) is 2.04. The van der Waals surface area contributed by atoms with Crippen molar-refractivity contribution in [1.82, 2.24) is 5.32 Å². The van der Waals surface area contributed by atoms with E-state index in [4.69, 9.17) is 15.9 Å². The van der Waals surface area contributed by atoms with Crippen molar-refractivity contribution in [1.29, 1.82) is 0 Å². The highest BCUT2D eigenvalue weighted by Crippen LogP contribution is 2.28. The normalized spacial score (nSPS) is 10.6. The lowest BCUT2D eigenvalue weighted by Gasteiger charge is -2.27. The maximum atomic E-state index is 12.4. The van der Waals surface area contributed by atoms with Crippen LogP contribution in [-0.4, -0.2) is 25.2 Å². The first-order valence-corrected chi connectivity index (χ1v) is 7.16. The summed E-state index contributed by atoms with van der Waals surface area (Å²) < 4.78 is 10.7. The van der Waals surface area contributed by atoms with Crippen molar-refractivity contribution in [3.05, 3.63) is 23.8 Å². The Morgan fingerprint density at radius 1 is 1.29 bits per heavy atom. The highest BCUT2D eigenvalue weighted by atomic mass is 16.5. The molecular weight excluding hydrogens is 266 g/mol. The van der Waals surface area contributed by atoms with Crippen LogP contribution < -0.4 is 14.8 Å². The minimum Gasteiger partial charge on any atom is -0.493 e. The van der Waals surface area contributed by atoms with Crippen molar-refractivity contribution in [3.8, 4) is 23.8 Å². The van der Waals surface area contributed by atoms with E-state index in [-0.39, 0.29) is 5.91 Å². The van der Waals surface area contributed by atoms with E-state index in [1.807, 2.05) is 20.8 Å². The van der Waals surface area contributed by atoms with Gasteiger partial charge >= 0.3 is 0 Å². The molecule has 0 saturated heterocycles. The fourth-order valence-electron chi connectivity index (χ4n) is 2.04. The van der Waals surface area contributed by atoms with Crippen molar-refractivity contribution in [2.45, 2.75) is 39.2 Å². The van der Waals surface area contributed by atoms with Gasteiger partial charge in [0.15, 0.2) is 11.5 Å². The topological polar surface area (TPSA) is 47.6 Å². The molecule has 1 aromatic carbocycles. The van der Waals surface area contributed by atoms with Crippen LogP contribution in [0, 0.1) is 12.3 Å². The molecule has 4 heteroatoms. The molecule has 114 valence electrons. The summed E-state index contributed by atoms with van der Waals surface area (Å²) in [4.78, 5) is 12.4. The van der Waals surface area contributed by atoms with Crippen LogP contribution >= 0.6 is 0 Å². The third kappa shape index (κ3) is 3.91. The molecule has 0 aliphatic rings. The molecule has 0 unspecified atom stereocenters. The van der Waals surface area contributed by atoms with Gasteiger partial charge in [0, 0.05) is 5.56 Å². The minimum atomic E-state index is -0.608. The average Bonchev–Trinajstić information content (AvgIpc) is 2.53. The summed E-state index contributed by atoms with van der Waals surface area (Å²) in [6.45, 7) is 6.35. The van der Waals surface area contributed by atoms with Crippen molar-refractivity contribution < 1.29 is 14.3 Å². The van der Waals surface area contributed by atoms with E-state index < -0.39 is 5.54 Å². The van der Waals surface area contributed by atoms with Crippen molar-refractivity contribution in [2.24, 2.45) is 0 Å². The van der Waals surface area contributed by atoms with E-state index in [1.165, 1.54) is 0 Å². The van der Waals surface area contributed by atoms with E-state index >= 15 is 0 Å². The SMILES string of the molecule is C#CC(CC)(CC)NC(=O)c1ccc(OCC)c(OC)c1. The Morgan fingerprint density at radius 2 is 1.95 bits per heavy atom. The molecule has 0 fully saturated rings. The number of carbonyl (C=O) groups excluding carboxylic acids is 1. The number of carbonyl (C=O) groups is 1. The van der Waals surface area contributed by atoms with Gasteiger partial charge < -0.3 is 14.8 Å². The van der Waals surface area contributed by atoms with Crippen molar-refractivity contribution in [2.75, 3.05) is 13.7 Å². The first-order valence-electron chi connectivity index (χ1n) is 7.16. The number of nitrogens with one attached hydrogen (secondary N) is 1. The Morgan fingerprint density at radius 3 is 2.43 bits per heavy atom. The summed E-state index contributed by atoms with van der Waals surface area (Å²) in [6, 6.07) is 5.09. The lowest BCUT2D eigenvalue weighted by molar-refractivity contribution is 0.0916. The van der Waals surface area contributed by atoms with Gasteiger partial charge in [-0.25, -0.2) is 0 Å². The van der Waals surface area contributed by atoms with Crippen LogP contribution in [0.4, 0.5) is 0 Å². The van der Waals surface area contributed by atoms with Crippen LogP contribution in [0.5, 0.6) is 11.5 Å². The van der Waals surface area contributed by atoms with E-state index in [0.29, 0.717) is 36.5 Å². The van der Waals surface area contributed by atoms with Gasteiger partial charge in [0.25, 0.3) is 5.91 Å². The van der Waals surface area contributed by atoms with Gasteiger partial charge in [-0.15, -0.1) is 6.42 Å². The zero-order valence-corrected chi connectivity index (χ0v) is 13.2. The third-order valence-electron chi connectivity index (χ3n) is 3.56. The first-order chi connectivity index (χ1) is 10.1. The predicted molar refractivity (Wildman–Crippen MR) is 83.8 cm³/mol. The Balaban J connectivity index is 3.01. The molecular formula is C17H23NO3. The lowest BCUT2D eigenvalue weighted by Crippen LogP contribution is -2.46. The number of hydrogen-bond acceptors (Lipinski definition) is 3. The summed E-state index contributed by atoms with van der Waals surface area (Å²) >= 11 is 0. The number of terminal acetylenes is 1. The van der Waals surface area contributed by atoms with Gasteiger partial charge in [-0.05, 0) is 38.0 Å². The molecule has 0 radical (unpaired) electrons. The summed E-state index contributed by atoms with van der Waals surface area (Å²) in [6.07, 6.45) is 6.93. The second-order valence-electron chi connectivity index (χ2n) is 4.69. The second kappa shape index (κ2) is 7.58. The molecule has 0 atom stereocenters. The first kappa shape index (κ1) is 16.9. The largest absolute Gasteiger partial charge is 0.493 e. The second-order valence-corrected chi connectivity index (χ2v) is 4.69. The van der Waals surface area contributed by atoms with Gasteiger partial charge in [0.05, 0.1) is 13.7 Å². The number of methoxy groups -OCH3 is 1. The Kier molecular flexibility index (Phi) is 6.10. The van der Waals surface area contributed by atoms with Crippen LogP contribution in [0.1, 0.15) is 44.0 Å². The number of amides is 1. The van der Waals surface area contributed by atoms with E-state index in [1.54, 1.807) is 25.3 Å². The molecule has 0 heterocycles. The molecule has 0 aromatic heterocycles. The highest BCUT2D eigenvalue weighted by Gasteiger charge is 2.26. The van der Waals surface area contributed by atoms with Gasteiger partial charge in [-0.3, -0.25) is 4.79 Å². The van der Waals surface area contributed by atoms with Gasteiger partial charge in [-0.2, -0.15) is 0 Å². The zero-order valence-electron chi connectivity index (χ0n) is 13.2. The maximum Gasteiger partial charge on any atom is 0.252 e.